The summed E-state index contributed by atoms with van der Waals surface area (Å²) >= 11 is 0. The van der Waals surface area contributed by atoms with Gasteiger partial charge in [-0.3, -0.25) is 0 Å². The van der Waals surface area contributed by atoms with Crippen molar-refractivity contribution in [2.75, 3.05) is 0 Å². The second-order valence-corrected chi connectivity index (χ2v) is 26.4. The van der Waals surface area contributed by atoms with Gasteiger partial charge in [0.25, 0.3) is 0 Å². The lowest BCUT2D eigenvalue weighted by atomic mass is 9.91. The average molecular weight is 601 g/mol. The zero-order chi connectivity index (χ0) is 30.8. The Bertz CT molecular complexity index is 1240. The minimum absolute atomic E-state index is 1.02. The summed E-state index contributed by atoms with van der Waals surface area (Å²) in [6, 6.07) is 20.7. The van der Waals surface area contributed by atoms with Crippen LogP contribution in [0.5, 0.6) is 0 Å². The van der Waals surface area contributed by atoms with Gasteiger partial charge in [0.05, 0.1) is 0 Å². The van der Waals surface area contributed by atoms with Gasteiger partial charge in [0.1, 0.15) is 0 Å². The SMILES string of the molecule is CCCCCCCCC1=C(c2cccc(CC[Si](C)(C)C)c2)[N+](=[N-])C(c2cccc(CC[Si](C)(C)C)c2)=C1CCCC. The average Bonchev–Trinajstić information content (AvgIpc) is 3.21. The largest absolute Gasteiger partial charge is 0.493 e. The first-order valence-corrected chi connectivity index (χ1v) is 24.5. The first kappa shape index (κ1) is 34.4. The lowest BCUT2D eigenvalue weighted by molar-refractivity contribution is -0.345. The van der Waals surface area contributed by atoms with Crippen molar-refractivity contribution in [2.45, 2.75) is 142 Å². The molecule has 0 saturated heterocycles. The number of hydrogen-bond donors (Lipinski definition) is 0. The number of allylic oxidation sites excluding steroid dienone is 2. The van der Waals surface area contributed by atoms with Crippen LogP contribution in [0.4, 0.5) is 0 Å². The standard InChI is InChI=1S/C38H60N2Si2/c1-9-11-13-14-15-16-24-36-35(23-12-10-2)37(33-21-17-19-31(29-33)25-27-41(3,4)5)40(39)38(36)34-22-18-20-32(30-34)26-28-42(6,7)8/h17-22,29-30H,9-16,23-28H2,1-8H3. The van der Waals surface area contributed by atoms with Crippen LogP contribution in [0.15, 0.2) is 59.7 Å². The first-order valence-electron chi connectivity index (χ1n) is 17.1. The maximum absolute atomic E-state index is 12.1. The summed E-state index contributed by atoms with van der Waals surface area (Å²) in [5.74, 6) is 0. The van der Waals surface area contributed by atoms with Crippen molar-refractivity contribution >= 4 is 27.5 Å². The molecule has 3 rings (SSSR count). The Hall–Kier alpha value is -2.05. The van der Waals surface area contributed by atoms with Gasteiger partial charge in [-0.1, -0.05) is 128 Å². The van der Waals surface area contributed by atoms with E-state index in [9.17, 15) is 5.53 Å². The smallest absolute Gasteiger partial charge is 0.211 e. The summed E-state index contributed by atoms with van der Waals surface area (Å²) in [6.45, 7) is 19.3. The molecule has 0 amide bonds. The fourth-order valence-corrected chi connectivity index (χ4v) is 8.08. The maximum Gasteiger partial charge on any atom is 0.211 e. The van der Waals surface area contributed by atoms with Gasteiger partial charge in [-0.2, -0.15) is 0 Å². The highest BCUT2D eigenvalue weighted by molar-refractivity contribution is 6.76. The number of hydrogen-bond acceptors (Lipinski definition) is 0. The molecule has 0 aliphatic carbocycles. The van der Waals surface area contributed by atoms with Gasteiger partial charge < -0.3 is 5.53 Å². The Morgan fingerprint density at radius 2 is 0.976 bits per heavy atom. The van der Waals surface area contributed by atoms with Crippen molar-refractivity contribution in [1.82, 2.24) is 0 Å². The Kier molecular flexibility index (Phi) is 13.2. The number of unbranched alkanes of at least 4 members (excludes halogenated alkanes) is 6. The third-order valence-electron chi connectivity index (χ3n) is 8.65. The van der Waals surface area contributed by atoms with E-state index in [-0.39, 0.29) is 0 Å². The van der Waals surface area contributed by atoms with Gasteiger partial charge in [0, 0.05) is 38.4 Å². The third kappa shape index (κ3) is 10.6. The Morgan fingerprint density at radius 1 is 0.548 bits per heavy atom. The molecule has 0 fully saturated rings. The summed E-state index contributed by atoms with van der Waals surface area (Å²) in [6.07, 6.45) is 14.3. The zero-order valence-electron chi connectivity index (χ0n) is 28.4. The third-order valence-corrected chi connectivity index (χ3v) is 12.1. The van der Waals surface area contributed by atoms with Crippen LogP contribution >= 0.6 is 0 Å². The molecule has 0 bridgehead atoms. The molecule has 0 spiro atoms. The number of benzene rings is 2. The molecule has 0 radical (unpaired) electrons. The van der Waals surface area contributed by atoms with Crippen LogP contribution in [0.3, 0.4) is 0 Å². The fourth-order valence-electron chi connectivity index (χ4n) is 6.01. The van der Waals surface area contributed by atoms with E-state index in [2.05, 4.69) is 102 Å². The molecule has 230 valence electrons. The summed E-state index contributed by atoms with van der Waals surface area (Å²) in [7, 11) is -2.26. The van der Waals surface area contributed by atoms with Crippen LogP contribution in [-0.2, 0) is 12.8 Å². The van der Waals surface area contributed by atoms with E-state index >= 15 is 0 Å². The van der Waals surface area contributed by atoms with Crippen molar-refractivity contribution in [2.24, 2.45) is 0 Å². The number of nitrogens with zero attached hydrogens (tertiary/aromatic N) is 2. The van der Waals surface area contributed by atoms with Gasteiger partial charge in [-0.25, -0.2) is 4.70 Å². The molecule has 0 aromatic heterocycles. The highest BCUT2D eigenvalue weighted by Crippen LogP contribution is 2.45. The molecule has 2 nitrogen and oxygen atoms in total. The van der Waals surface area contributed by atoms with Crippen LogP contribution in [0.2, 0.25) is 51.4 Å². The Labute approximate surface area is 261 Å². The second-order valence-electron chi connectivity index (χ2n) is 15.1. The maximum atomic E-state index is 12.1. The molecule has 0 unspecified atom stereocenters. The van der Waals surface area contributed by atoms with E-state index in [0.29, 0.717) is 0 Å². The molecule has 0 atom stereocenters. The molecule has 1 heterocycles. The molecule has 2 aromatic rings. The second kappa shape index (κ2) is 16.1. The van der Waals surface area contributed by atoms with Gasteiger partial charge >= 0.3 is 0 Å². The van der Waals surface area contributed by atoms with E-state index in [1.165, 1.54) is 84.0 Å². The lowest BCUT2D eigenvalue weighted by Crippen LogP contribution is -2.19. The quantitative estimate of drug-likeness (QED) is 0.0924. The molecule has 0 N–H and O–H groups in total. The number of aryl methyl sites for hydroxylation is 2. The molecule has 0 saturated carbocycles. The van der Waals surface area contributed by atoms with Crippen LogP contribution < -0.4 is 0 Å². The van der Waals surface area contributed by atoms with Crippen molar-refractivity contribution < 1.29 is 4.70 Å². The number of rotatable bonds is 18. The normalized spacial score (nSPS) is 14.4. The molecule has 1 aliphatic heterocycles. The predicted molar refractivity (Wildman–Crippen MR) is 192 cm³/mol. The monoisotopic (exact) mass is 600 g/mol. The van der Waals surface area contributed by atoms with Crippen molar-refractivity contribution in [1.29, 1.82) is 0 Å². The van der Waals surface area contributed by atoms with Gasteiger partial charge in [0.15, 0.2) is 0 Å². The predicted octanol–water partition coefficient (Wildman–Crippen LogP) is 12.6. The molecule has 1 aliphatic rings. The van der Waals surface area contributed by atoms with E-state index in [1.54, 1.807) is 4.70 Å². The van der Waals surface area contributed by atoms with Crippen LogP contribution in [-0.4, -0.2) is 20.8 Å². The van der Waals surface area contributed by atoms with Crippen LogP contribution in [0.1, 0.15) is 100 Å². The molecule has 4 heteroatoms. The Balaban J connectivity index is 2.04. The Morgan fingerprint density at radius 3 is 1.43 bits per heavy atom. The van der Waals surface area contributed by atoms with Crippen LogP contribution in [0, 0.1) is 0 Å². The van der Waals surface area contributed by atoms with Crippen LogP contribution in [0.25, 0.3) is 16.9 Å². The van der Waals surface area contributed by atoms with E-state index in [4.69, 9.17) is 0 Å². The zero-order valence-corrected chi connectivity index (χ0v) is 30.4. The molecule has 2 aromatic carbocycles. The van der Waals surface area contributed by atoms with E-state index in [1.807, 2.05) is 0 Å². The van der Waals surface area contributed by atoms with E-state index in [0.717, 1.165) is 49.9 Å². The minimum Gasteiger partial charge on any atom is -0.493 e. The fraction of sp³-hybridized carbons (Fsp3) is 0.579. The summed E-state index contributed by atoms with van der Waals surface area (Å²) in [5.41, 5.74) is 22.0. The summed E-state index contributed by atoms with van der Waals surface area (Å²) < 4.78 is 1.59. The van der Waals surface area contributed by atoms with E-state index < -0.39 is 16.1 Å². The first-order chi connectivity index (χ1) is 19.9. The van der Waals surface area contributed by atoms with Crippen molar-refractivity contribution in [3.8, 4) is 0 Å². The summed E-state index contributed by atoms with van der Waals surface area (Å²) in [4.78, 5) is 0. The minimum atomic E-state index is -1.13. The lowest BCUT2D eigenvalue weighted by Gasteiger charge is -2.16. The van der Waals surface area contributed by atoms with Gasteiger partial charge in [0.2, 0.25) is 11.4 Å². The van der Waals surface area contributed by atoms with Gasteiger partial charge in [-0.15, -0.1) is 0 Å². The van der Waals surface area contributed by atoms with Gasteiger partial charge in [-0.05, 0) is 73.9 Å². The molecular formula is C38H60N2Si2. The molecular weight excluding hydrogens is 541 g/mol. The molecule has 42 heavy (non-hydrogen) atoms. The van der Waals surface area contributed by atoms with Crippen molar-refractivity contribution in [3.63, 3.8) is 0 Å². The summed E-state index contributed by atoms with van der Waals surface area (Å²) in [5, 5.41) is 0. The highest BCUT2D eigenvalue weighted by atomic mass is 28.3. The van der Waals surface area contributed by atoms with Crippen molar-refractivity contribution in [3.05, 3.63) is 87.5 Å². The topological polar surface area (TPSA) is 25.3 Å². The highest BCUT2D eigenvalue weighted by Gasteiger charge is 2.35.